The summed E-state index contributed by atoms with van der Waals surface area (Å²) in [5.41, 5.74) is 1.66. The van der Waals surface area contributed by atoms with Crippen molar-refractivity contribution >= 4 is 44.1 Å². The first kappa shape index (κ1) is 11.0. The van der Waals surface area contributed by atoms with Crippen molar-refractivity contribution in [1.29, 1.82) is 0 Å². The second-order valence-electron chi connectivity index (χ2n) is 4.23. The maximum atomic E-state index is 5.99. The van der Waals surface area contributed by atoms with Crippen molar-refractivity contribution in [2.45, 2.75) is 0 Å². The second kappa shape index (κ2) is 4.05. The van der Waals surface area contributed by atoms with Gasteiger partial charge in [0.1, 0.15) is 5.65 Å². The number of hydrogen-bond acceptors (Lipinski definition) is 3. The number of nitrogens with zero attached hydrogens (tertiary/aromatic N) is 2. The molecule has 19 heavy (non-hydrogen) atoms. The molecular weight excluding hydrogens is 278 g/mol. The van der Waals surface area contributed by atoms with Crippen LogP contribution >= 0.6 is 22.9 Å². The van der Waals surface area contributed by atoms with Gasteiger partial charge >= 0.3 is 0 Å². The van der Waals surface area contributed by atoms with E-state index < -0.39 is 0 Å². The third-order valence-electron chi connectivity index (χ3n) is 3.05. The number of aromatic nitrogens is 3. The summed E-state index contributed by atoms with van der Waals surface area (Å²) in [6, 6.07) is 12.4. The van der Waals surface area contributed by atoms with E-state index in [9.17, 15) is 0 Å². The van der Waals surface area contributed by atoms with Gasteiger partial charge in [0.2, 0.25) is 5.28 Å². The Morgan fingerprint density at radius 1 is 1.11 bits per heavy atom. The highest BCUT2D eigenvalue weighted by Crippen LogP contribution is 2.35. The predicted molar refractivity (Wildman–Crippen MR) is 79.7 cm³/mol. The molecule has 0 spiro atoms. The van der Waals surface area contributed by atoms with Crippen molar-refractivity contribution in [3.8, 4) is 10.6 Å². The Bertz CT molecular complexity index is 861. The van der Waals surface area contributed by atoms with E-state index in [2.05, 4.69) is 33.2 Å². The van der Waals surface area contributed by atoms with Crippen LogP contribution in [0.2, 0.25) is 5.28 Å². The van der Waals surface area contributed by atoms with E-state index in [1.54, 1.807) is 11.3 Å². The fourth-order valence-corrected chi connectivity index (χ4v) is 3.44. The molecule has 0 aliphatic heterocycles. The number of thiophene rings is 1. The summed E-state index contributed by atoms with van der Waals surface area (Å²) in [6.07, 6.45) is 1.85. The highest BCUT2D eigenvalue weighted by molar-refractivity contribution is 7.22. The van der Waals surface area contributed by atoms with Gasteiger partial charge < -0.3 is 4.98 Å². The average molecular weight is 286 g/mol. The number of nitrogens with one attached hydrogen (secondary N) is 1. The lowest BCUT2D eigenvalue weighted by molar-refractivity contribution is 1.21. The van der Waals surface area contributed by atoms with E-state index in [1.807, 2.05) is 24.4 Å². The van der Waals surface area contributed by atoms with Crippen LogP contribution in [0.3, 0.4) is 0 Å². The van der Waals surface area contributed by atoms with Crippen molar-refractivity contribution in [3.63, 3.8) is 0 Å². The first-order chi connectivity index (χ1) is 9.31. The Morgan fingerprint density at radius 2 is 2.00 bits per heavy atom. The molecule has 0 fully saturated rings. The van der Waals surface area contributed by atoms with Crippen LogP contribution < -0.4 is 0 Å². The summed E-state index contributed by atoms with van der Waals surface area (Å²) in [6.45, 7) is 0. The van der Waals surface area contributed by atoms with E-state index in [4.69, 9.17) is 11.6 Å². The van der Waals surface area contributed by atoms with Gasteiger partial charge in [0.05, 0.1) is 10.6 Å². The highest BCUT2D eigenvalue weighted by Gasteiger charge is 2.12. The number of hydrogen-bond donors (Lipinski definition) is 1. The quantitative estimate of drug-likeness (QED) is 0.523. The summed E-state index contributed by atoms with van der Waals surface area (Å²) in [5, 5.41) is 2.49. The maximum Gasteiger partial charge on any atom is 0.224 e. The molecule has 0 bridgehead atoms. The van der Waals surface area contributed by atoms with E-state index in [-0.39, 0.29) is 5.28 Å². The van der Waals surface area contributed by atoms with E-state index in [0.29, 0.717) is 0 Å². The molecular formula is C14H8ClN3S. The van der Waals surface area contributed by atoms with Gasteiger partial charge in [-0.1, -0.05) is 18.2 Å². The smallest absolute Gasteiger partial charge is 0.224 e. The van der Waals surface area contributed by atoms with Crippen LogP contribution in [0.25, 0.3) is 31.7 Å². The molecule has 0 aliphatic carbocycles. The molecule has 1 aromatic carbocycles. The van der Waals surface area contributed by atoms with Gasteiger partial charge in [-0.3, -0.25) is 0 Å². The monoisotopic (exact) mass is 285 g/mol. The fraction of sp³-hybridized carbons (Fsp3) is 0. The van der Waals surface area contributed by atoms with Crippen molar-refractivity contribution in [1.82, 2.24) is 15.0 Å². The van der Waals surface area contributed by atoms with Gasteiger partial charge in [-0.15, -0.1) is 11.3 Å². The van der Waals surface area contributed by atoms with Crippen LogP contribution in [0.5, 0.6) is 0 Å². The topological polar surface area (TPSA) is 41.6 Å². The number of halogens is 1. The zero-order valence-corrected chi connectivity index (χ0v) is 11.3. The van der Waals surface area contributed by atoms with Crippen molar-refractivity contribution < 1.29 is 0 Å². The van der Waals surface area contributed by atoms with E-state index in [0.717, 1.165) is 21.6 Å². The first-order valence-electron chi connectivity index (χ1n) is 5.81. The normalized spacial score (nSPS) is 11.4. The van der Waals surface area contributed by atoms with Crippen molar-refractivity contribution in [2.24, 2.45) is 0 Å². The molecule has 4 aromatic rings. The lowest BCUT2D eigenvalue weighted by Crippen LogP contribution is -1.87. The predicted octanol–water partition coefficient (Wildman–Crippen LogP) is 4.49. The zero-order chi connectivity index (χ0) is 12.8. The third-order valence-corrected chi connectivity index (χ3v) is 4.34. The van der Waals surface area contributed by atoms with Gasteiger partial charge in [-0.25, -0.2) is 4.98 Å². The van der Waals surface area contributed by atoms with Gasteiger partial charge in [0, 0.05) is 16.3 Å². The fourth-order valence-electron chi connectivity index (χ4n) is 2.20. The molecule has 0 amide bonds. The lowest BCUT2D eigenvalue weighted by Gasteiger charge is -1.99. The number of fused-ring (bicyclic) bond motifs is 2. The van der Waals surface area contributed by atoms with Crippen LogP contribution in [0, 0.1) is 0 Å². The van der Waals surface area contributed by atoms with Gasteiger partial charge in [0.25, 0.3) is 0 Å². The first-order valence-corrected chi connectivity index (χ1v) is 7.00. The minimum absolute atomic E-state index is 0.266. The zero-order valence-electron chi connectivity index (χ0n) is 9.72. The molecule has 5 heteroatoms. The molecule has 0 saturated heterocycles. The van der Waals surface area contributed by atoms with Gasteiger partial charge in [0.15, 0.2) is 0 Å². The molecule has 0 radical (unpaired) electrons. The van der Waals surface area contributed by atoms with Gasteiger partial charge in [-0.2, -0.15) is 4.98 Å². The van der Waals surface area contributed by atoms with E-state index >= 15 is 0 Å². The maximum absolute atomic E-state index is 5.99. The Kier molecular flexibility index (Phi) is 2.33. The second-order valence-corrected chi connectivity index (χ2v) is 5.65. The summed E-state index contributed by atoms with van der Waals surface area (Å²) < 4.78 is 1.25. The Labute approximate surface area is 117 Å². The van der Waals surface area contributed by atoms with Crippen LogP contribution in [0.15, 0.2) is 42.6 Å². The molecule has 3 nitrogen and oxygen atoms in total. The summed E-state index contributed by atoms with van der Waals surface area (Å²) >= 11 is 7.71. The van der Waals surface area contributed by atoms with Crippen molar-refractivity contribution in [2.75, 3.05) is 0 Å². The van der Waals surface area contributed by atoms with Gasteiger partial charge in [-0.05, 0) is 35.2 Å². The Balaban J connectivity index is 2.05. The molecule has 0 saturated carbocycles. The molecule has 0 aliphatic rings. The molecule has 4 rings (SSSR count). The van der Waals surface area contributed by atoms with Crippen LogP contribution in [-0.4, -0.2) is 15.0 Å². The third kappa shape index (κ3) is 1.72. The highest BCUT2D eigenvalue weighted by atomic mass is 35.5. The SMILES string of the molecule is Clc1nc(-c2cc3ccccc3s2)c2cc[nH]c2n1. The molecule has 3 aromatic heterocycles. The number of benzene rings is 1. The van der Waals surface area contributed by atoms with Crippen LogP contribution in [-0.2, 0) is 0 Å². The molecule has 0 atom stereocenters. The number of rotatable bonds is 1. The minimum Gasteiger partial charge on any atom is -0.346 e. The summed E-state index contributed by atoms with van der Waals surface area (Å²) in [4.78, 5) is 12.7. The van der Waals surface area contributed by atoms with Crippen molar-refractivity contribution in [3.05, 3.63) is 47.9 Å². The van der Waals surface area contributed by atoms with Crippen LogP contribution in [0.1, 0.15) is 0 Å². The standard InChI is InChI=1S/C14H8ClN3S/c15-14-17-12(9-5-6-16-13(9)18-14)11-7-8-3-1-2-4-10(8)19-11/h1-7H,(H,16,17,18). The number of aromatic amines is 1. The van der Waals surface area contributed by atoms with Crippen LogP contribution in [0.4, 0.5) is 0 Å². The Morgan fingerprint density at radius 3 is 2.89 bits per heavy atom. The largest absolute Gasteiger partial charge is 0.346 e. The lowest BCUT2D eigenvalue weighted by atomic mass is 10.2. The Hall–Kier alpha value is -1.91. The molecule has 92 valence electrons. The number of H-pyrrole nitrogens is 1. The molecule has 1 N–H and O–H groups in total. The van der Waals surface area contributed by atoms with E-state index in [1.165, 1.54) is 10.1 Å². The summed E-state index contributed by atoms with van der Waals surface area (Å²) in [5.74, 6) is 0. The minimum atomic E-state index is 0.266. The average Bonchev–Trinajstić information content (AvgIpc) is 3.03. The molecule has 3 heterocycles. The molecule has 0 unspecified atom stereocenters. The summed E-state index contributed by atoms with van der Waals surface area (Å²) in [7, 11) is 0.